The van der Waals surface area contributed by atoms with Gasteiger partial charge in [-0.15, -0.1) is 10.2 Å². The zero-order valence-corrected chi connectivity index (χ0v) is 20.2. The lowest BCUT2D eigenvalue weighted by Crippen LogP contribution is -2.09. The van der Waals surface area contributed by atoms with Crippen LogP contribution in [0.4, 0.5) is 0 Å². The fourth-order valence-electron chi connectivity index (χ4n) is 3.27. The Bertz CT molecular complexity index is 1280. The fourth-order valence-corrected chi connectivity index (χ4v) is 4.31. The highest BCUT2D eigenvalue weighted by atomic mass is 35.5. The van der Waals surface area contributed by atoms with Crippen molar-refractivity contribution in [3.05, 3.63) is 89.2 Å². The summed E-state index contributed by atoms with van der Waals surface area (Å²) in [6, 6.07) is 22.1. The molecule has 1 heterocycles. The van der Waals surface area contributed by atoms with Crippen molar-refractivity contribution in [3.63, 3.8) is 0 Å². The molecule has 174 valence electrons. The van der Waals surface area contributed by atoms with E-state index in [2.05, 4.69) is 10.2 Å². The number of hydrogen-bond acceptors (Lipinski definition) is 7. The molecule has 0 radical (unpaired) electrons. The number of rotatable bonds is 10. The number of methoxy groups -OCH3 is 2. The van der Waals surface area contributed by atoms with E-state index in [4.69, 9.17) is 25.8 Å². The van der Waals surface area contributed by atoms with Gasteiger partial charge in [-0.05, 0) is 42.5 Å². The van der Waals surface area contributed by atoms with Crippen LogP contribution in [0.25, 0.3) is 5.69 Å². The smallest absolute Gasteiger partial charge is 0.196 e. The number of thioether (sulfide) groups is 1. The van der Waals surface area contributed by atoms with Crippen molar-refractivity contribution in [1.29, 1.82) is 0 Å². The average Bonchev–Trinajstić information content (AvgIpc) is 3.29. The second-order valence-corrected chi connectivity index (χ2v) is 8.42. The molecule has 0 N–H and O–H groups in total. The van der Waals surface area contributed by atoms with Gasteiger partial charge in [0.05, 0.1) is 30.6 Å². The molecule has 9 heteroatoms. The van der Waals surface area contributed by atoms with E-state index in [1.54, 1.807) is 37.4 Å². The number of para-hydroxylation sites is 2. The molecule has 0 saturated heterocycles. The zero-order valence-electron chi connectivity index (χ0n) is 18.6. The summed E-state index contributed by atoms with van der Waals surface area (Å²) in [6.45, 7) is 0.157. The molecule has 0 atom stereocenters. The molecular weight excluding hydrogens is 474 g/mol. The van der Waals surface area contributed by atoms with E-state index >= 15 is 0 Å². The maximum absolute atomic E-state index is 13.0. The van der Waals surface area contributed by atoms with Gasteiger partial charge in [-0.3, -0.25) is 9.36 Å². The van der Waals surface area contributed by atoms with Gasteiger partial charge < -0.3 is 14.2 Å². The fraction of sp³-hybridized carbons (Fsp3) is 0.160. The SMILES string of the molecule is COc1ccc(OC)c(C(=O)CSc2nnc(COc3ccccc3Cl)n2-c2ccccc2)c1. The molecule has 0 amide bonds. The zero-order chi connectivity index (χ0) is 23.9. The van der Waals surface area contributed by atoms with Crippen molar-refractivity contribution < 1.29 is 19.0 Å². The number of benzene rings is 3. The van der Waals surface area contributed by atoms with Gasteiger partial charge in [0, 0.05) is 5.69 Å². The number of hydrogen-bond donors (Lipinski definition) is 0. The molecule has 0 spiro atoms. The molecule has 0 aliphatic rings. The second-order valence-electron chi connectivity index (χ2n) is 7.07. The average molecular weight is 496 g/mol. The number of halogens is 1. The molecular formula is C25H22ClN3O4S. The van der Waals surface area contributed by atoms with E-state index in [0.717, 1.165) is 5.69 Å². The first-order valence-electron chi connectivity index (χ1n) is 10.4. The summed E-state index contributed by atoms with van der Waals surface area (Å²) in [5.41, 5.74) is 1.31. The summed E-state index contributed by atoms with van der Waals surface area (Å²) in [7, 11) is 3.09. The van der Waals surface area contributed by atoms with E-state index in [-0.39, 0.29) is 18.1 Å². The first kappa shape index (κ1) is 23.7. The summed E-state index contributed by atoms with van der Waals surface area (Å²) in [5, 5.41) is 9.72. The Morgan fingerprint density at radius 1 is 0.941 bits per heavy atom. The van der Waals surface area contributed by atoms with Crippen LogP contribution in [0.3, 0.4) is 0 Å². The Labute approximate surface area is 206 Å². The van der Waals surface area contributed by atoms with Crippen LogP contribution < -0.4 is 14.2 Å². The van der Waals surface area contributed by atoms with E-state index in [1.165, 1.54) is 18.9 Å². The second kappa shape index (κ2) is 11.1. The highest BCUT2D eigenvalue weighted by Gasteiger charge is 2.19. The minimum Gasteiger partial charge on any atom is -0.497 e. The lowest BCUT2D eigenvalue weighted by atomic mass is 10.1. The monoisotopic (exact) mass is 495 g/mol. The van der Waals surface area contributed by atoms with E-state index < -0.39 is 0 Å². The van der Waals surface area contributed by atoms with Crippen molar-refractivity contribution in [2.45, 2.75) is 11.8 Å². The van der Waals surface area contributed by atoms with Gasteiger partial charge >= 0.3 is 0 Å². The minimum absolute atomic E-state index is 0.114. The third-order valence-corrected chi connectivity index (χ3v) is 6.19. The summed E-state index contributed by atoms with van der Waals surface area (Å²) < 4.78 is 18.4. The Balaban J connectivity index is 1.57. The number of ether oxygens (including phenoxy) is 3. The van der Waals surface area contributed by atoms with Crippen LogP contribution in [-0.4, -0.2) is 40.5 Å². The molecule has 1 aromatic heterocycles. The van der Waals surface area contributed by atoms with Crippen LogP contribution in [0.1, 0.15) is 16.2 Å². The minimum atomic E-state index is -0.114. The third-order valence-electron chi connectivity index (χ3n) is 4.95. The Morgan fingerprint density at radius 3 is 2.44 bits per heavy atom. The van der Waals surface area contributed by atoms with E-state index in [1.807, 2.05) is 47.0 Å². The standard InChI is InChI=1S/C25H22ClN3O4S/c1-31-18-12-13-22(32-2)19(14-18)21(30)16-34-25-28-27-24(29(25)17-8-4-3-5-9-17)15-33-23-11-7-6-10-20(23)26/h3-14H,15-16H2,1-2H3. The van der Waals surface area contributed by atoms with Crippen LogP contribution in [-0.2, 0) is 6.61 Å². The first-order valence-corrected chi connectivity index (χ1v) is 11.7. The largest absolute Gasteiger partial charge is 0.497 e. The topological polar surface area (TPSA) is 75.5 Å². The molecule has 0 aliphatic carbocycles. The number of aromatic nitrogens is 3. The van der Waals surface area contributed by atoms with Crippen LogP contribution in [0.2, 0.25) is 5.02 Å². The van der Waals surface area contributed by atoms with Crippen molar-refractivity contribution in [2.24, 2.45) is 0 Å². The molecule has 7 nitrogen and oxygen atoms in total. The van der Waals surface area contributed by atoms with Crippen LogP contribution in [0.5, 0.6) is 17.2 Å². The lowest BCUT2D eigenvalue weighted by Gasteiger charge is -2.12. The molecule has 0 fully saturated rings. The van der Waals surface area contributed by atoms with Gasteiger partial charge in [0.1, 0.15) is 23.9 Å². The summed E-state index contributed by atoms with van der Waals surface area (Å²) in [4.78, 5) is 13.0. The molecule has 0 aliphatic heterocycles. The van der Waals surface area contributed by atoms with Gasteiger partial charge in [0.25, 0.3) is 0 Å². The summed E-state index contributed by atoms with van der Waals surface area (Å²) in [6.07, 6.45) is 0. The highest BCUT2D eigenvalue weighted by Crippen LogP contribution is 2.29. The summed E-state index contributed by atoms with van der Waals surface area (Å²) >= 11 is 7.50. The van der Waals surface area contributed by atoms with E-state index in [9.17, 15) is 4.79 Å². The number of ketones is 1. The Hall–Kier alpha value is -3.49. The number of carbonyl (C=O) groups is 1. The predicted molar refractivity (Wildman–Crippen MR) is 132 cm³/mol. The number of carbonyl (C=O) groups excluding carboxylic acids is 1. The van der Waals surface area contributed by atoms with Gasteiger partial charge in [0.15, 0.2) is 16.8 Å². The van der Waals surface area contributed by atoms with E-state index in [0.29, 0.717) is 38.8 Å². The molecule has 0 unspecified atom stereocenters. The molecule has 4 aromatic rings. The molecule has 34 heavy (non-hydrogen) atoms. The highest BCUT2D eigenvalue weighted by molar-refractivity contribution is 7.99. The molecule has 0 saturated carbocycles. The normalized spacial score (nSPS) is 10.7. The first-order chi connectivity index (χ1) is 16.6. The van der Waals surface area contributed by atoms with Crippen molar-refractivity contribution in [3.8, 4) is 22.9 Å². The van der Waals surface area contributed by atoms with Gasteiger partial charge in [-0.1, -0.05) is 53.7 Å². The van der Waals surface area contributed by atoms with Crippen LogP contribution in [0, 0.1) is 0 Å². The van der Waals surface area contributed by atoms with Crippen molar-refractivity contribution >= 4 is 29.1 Å². The van der Waals surface area contributed by atoms with Crippen molar-refractivity contribution in [2.75, 3.05) is 20.0 Å². The quantitative estimate of drug-likeness (QED) is 0.212. The maximum atomic E-state index is 13.0. The van der Waals surface area contributed by atoms with Gasteiger partial charge in [0.2, 0.25) is 0 Å². The van der Waals surface area contributed by atoms with Gasteiger partial charge in [-0.2, -0.15) is 0 Å². The van der Waals surface area contributed by atoms with Crippen LogP contribution in [0.15, 0.2) is 78.0 Å². The lowest BCUT2D eigenvalue weighted by molar-refractivity contribution is 0.101. The number of Topliss-reactive ketones (excluding diaryl/α,β-unsaturated/α-hetero) is 1. The summed E-state index contributed by atoms with van der Waals surface area (Å²) in [5.74, 6) is 2.24. The van der Waals surface area contributed by atoms with Crippen LogP contribution >= 0.6 is 23.4 Å². The number of nitrogens with zero attached hydrogens (tertiary/aromatic N) is 3. The van der Waals surface area contributed by atoms with Gasteiger partial charge in [-0.25, -0.2) is 0 Å². The predicted octanol–water partition coefficient (Wildman–Crippen LogP) is 5.49. The Kier molecular flexibility index (Phi) is 7.72. The Morgan fingerprint density at radius 2 is 1.71 bits per heavy atom. The molecule has 4 rings (SSSR count). The molecule has 0 bridgehead atoms. The van der Waals surface area contributed by atoms with Crippen molar-refractivity contribution in [1.82, 2.24) is 14.8 Å². The maximum Gasteiger partial charge on any atom is 0.196 e. The third kappa shape index (κ3) is 5.35. The molecule has 3 aromatic carbocycles.